The van der Waals surface area contributed by atoms with Crippen molar-refractivity contribution in [3.05, 3.63) is 75.2 Å². The van der Waals surface area contributed by atoms with Gasteiger partial charge in [-0.1, -0.05) is 35.9 Å². The molecule has 3 aromatic rings. The van der Waals surface area contributed by atoms with Crippen LogP contribution >= 0.6 is 0 Å². The number of H-pyrrole nitrogens is 1. The van der Waals surface area contributed by atoms with Gasteiger partial charge in [0.1, 0.15) is 5.69 Å². The summed E-state index contributed by atoms with van der Waals surface area (Å²) in [4.78, 5) is 31.3. The topological polar surface area (TPSA) is 74.8 Å². The minimum Gasteiger partial charge on any atom is -0.352 e. The molecule has 25 heavy (non-hydrogen) atoms. The van der Waals surface area contributed by atoms with Crippen molar-refractivity contribution in [3.8, 4) is 0 Å². The zero-order valence-corrected chi connectivity index (χ0v) is 14.4. The van der Waals surface area contributed by atoms with Gasteiger partial charge in [0, 0.05) is 19.4 Å². The Bertz CT molecular complexity index is 976. The summed E-state index contributed by atoms with van der Waals surface area (Å²) in [7, 11) is 0. The lowest BCUT2D eigenvalue weighted by molar-refractivity contribution is -0.121. The molecule has 0 spiro atoms. The molecule has 2 aromatic carbocycles. The zero-order chi connectivity index (χ0) is 17.8. The quantitative estimate of drug-likeness (QED) is 0.753. The average molecular weight is 335 g/mol. The number of hydrogen-bond donors (Lipinski definition) is 2. The van der Waals surface area contributed by atoms with Crippen LogP contribution in [0, 0.1) is 13.8 Å². The third kappa shape index (κ3) is 4.12. The molecule has 0 aliphatic carbocycles. The van der Waals surface area contributed by atoms with Crippen LogP contribution in [0.25, 0.3) is 11.0 Å². The number of carbonyl (C=O) groups excluding carboxylic acids is 1. The number of benzene rings is 2. The van der Waals surface area contributed by atoms with Gasteiger partial charge in [-0.3, -0.25) is 9.59 Å². The normalized spacial score (nSPS) is 10.8. The third-order valence-corrected chi connectivity index (χ3v) is 4.23. The largest absolute Gasteiger partial charge is 0.352 e. The molecule has 3 rings (SSSR count). The molecule has 0 fully saturated rings. The average Bonchev–Trinajstić information content (AvgIpc) is 2.59. The Kier molecular flexibility index (Phi) is 4.93. The second-order valence-corrected chi connectivity index (χ2v) is 6.24. The number of carbonyl (C=O) groups is 1. The van der Waals surface area contributed by atoms with E-state index in [1.54, 1.807) is 0 Å². The van der Waals surface area contributed by atoms with Gasteiger partial charge in [-0.15, -0.1) is 0 Å². The number of rotatable bonds is 5. The van der Waals surface area contributed by atoms with Crippen molar-refractivity contribution < 1.29 is 4.79 Å². The van der Waals surface area contributed by atoms with Gasteiger partial charge in [-0.05, 0) is 37.1 Å². The Labute approximate surface area is 146 Å². The first-order valence-electron chi connectivity index (χ1n) is 8.34. The SMILES string of the molecule is Cc1ccc(CNC(=O)CCc2nc3ccccc3[nH]c2=O)c(C)c1. The van der Waals surface area contributed by atoms with Crippen molar-refractivity contribution in [2.75, 3.05) is 0 Å². The van der Waals surface area contributed by atoms with E-state index >= 15 is 0 Å². The minimum absolute atomic E-state index is 0.0886. The van der Waals surface area contributed by atoms with Gasteiger partial charge in [0.15, 0.2) is 0 Å². The molecule has 128 valence electrons. The number of hydrogen-bond acceptors (Lipinski definition) is 3. The lowest BCUT2D eigenvalue weighted by Gasteiger charge is -2.09. The molecule has 0 radical (unpaired) electrons. The summed E-state index contributed by atoms with van der Waals surface area (Å²) in [6.45, 7) is 4.57. The second kappa shape index (κ2) is 7.30. The van der Waals surface area contributed by atoms with Crippen LogP contribution < -0.4 is 10.9 Å². The lowest BCUT2D eigenvalue weighted by atomic mass is 10.1. The number of nitrogens with one attached hydrogen (secondary N) is 2. The first-order valence-corrected chi connectivity index (χ1v) is 8.34. The van der Waals surface area contributed by atoms with E-state index in [2.05, 4.69) is 21.4 Å². The number of aromatic nitrogens is 2. The highest BCUT2D eigenvalue weighted by Crippen LogP contribution is 2.10. The standard InChI is InChI=1S/C20H21N3O2/c1-13-7-8-15(14(2)11-13)12-21-19(24)10-9-18-20(25)23-17-6-4-3-5-16(17)22-18/h3-8,11H,9-10,12H2,1-2H3,(H,21,24)(H,23,25). The van der Waals surface area contributed by atoms with E-state index in [9.17, 15) is 9.59 Å². The number of aryl methyl sites for hydroxylation is 3. The van der Waals surface area contributed by atoms with Crippen LogP contribution in [0.2, 0.25) is 0 Å². The van der Waals surface area contributed by atoms with Crippen molar-refractivity contribution in [1.29, 1.82) is 0 Å². The summed E-state index contributed by atoms with van der Waals surface area (Å²) in [5.74, 6) is -0.0886. The Morgan fingerprint density at radius 1 is 1.16 bits per heavy atom. The molecule has 0 saturated carbocycles. The summed E-state index contributed by atoms with van der Waals surface area (Å²) in [6.07, 6.45) is 0.554. The summed E-state index contributed by atoms with van der Waals surface area (Å²) >= 11 is 0. The summed E-state index contributed by atoms with van der Waals surface area (Å²) < 4.78 is 0. The van der Waals surface area contributed by atoms with Gasteiger partial charge in [0.25, 0.3) is 5.56 Å². The van der Waals surface area contributed by atoms with E-state index in [-0.39, 0.29) is 17.9 Å². The highest BCUT2D eigenvalue weighted by atomic mass is 16.1. The molecule has 0 aliphatic rings. The molecular weight excluding hydrogens is 314 g/mol. The summed E-state index contributed by atoms with van der Waals surface area (Å²) in [6, 6.07) is 13.5. The molecule has 0 unspecified atom stereocenters. The number of fused-ring (bicyclic) bond motifs is 1. The van der Waals surface area contributed by atoms with Crippen LogP contribution in [0.3, 0.4) is 0 Å². The Morgan fingerprint density at radius 2 is 1.96 bits per heavy atom. The van der Waals surface area contributed by atoms with Crippen LogP contribution in [0.15, 0.2) is 47.3 Å². The molecule has 5 nitrogen and oxygen atoms in total. The maximum absolute atomic E-state index is 12.1. The highest BCUT2D eigenvalue weighted by Gasteiger charge is 2.08. The van der Waals surface area contributed by atoms with Crippen molar-refractivity contribution >= 4 is 16.9 Å². The maximum atomic E-state index is 12.1. The Balaban J connectivity index is 1.60. The van der Waals surface area contributed by atoms with E-state index in [0.717, 1.165) is 16.6 Å². The predicted molar refractivity (Wildman–Crippen MR) is 98.4 cm³/mol. The van der Waals surface area contributed by atoms with Crippen molar-refractivity contribution in [3.63, 3.8) is 0 Å². The summed E-state index contributed by atoms with van der Waals surface area (Å²) in [5.41, 5.74) is 5.05. The van der Waals surface area contributed by atoms with E-state index in [0.29, 0.717) is 24.2 Å². The Hall–Kier alpha value is -2.95. The number of amides is 1. The van der Waals surface area contributed by atoms with Crippen molar-refractivity contribution in [2.24, 2.45) is 0 Å². The highest BCUT2D eigenvalue weighted by molar-refractivity contribution is 5.76. The summed E-state index contributed by atoms with van der Waals surface area (Å²) in [5, 5.41) is 2.91. The van der Waals surface area contributed by atoms with Crippen LogP contribution in [0.5, 0.6) is 0 Å². The van der Waals surface area contributed by atoms with Gasteiger partial charge in [-0.25, -0.2) is 4.98 Å². The van der Waals surface area contributed by atoms with E-state index in [1.165, 1.54) is 5.56 Å². The van der Waals surface area contributed by atoms with Gasteiger partial charge in [-0.2, -0.15) is 0 Å². The molecule has 0 bridgehead atoms. The minimum atomic E-state index is -0.235. The molecule has 1 aromatic heterocycles. The van der Waals surface area contributed by atoms with E-state index in [4.69, 9.17) is 0 Å². The molecule has 0 atom stereocenters. The lowest BCUT2D eigenvalue weighted by Crippen LogP contribution is -2.25. The number of para-hydroxylation sites is 2. The molecule has 1 amide bonds. The number of nitrogens with zero attached hydrogens (tertiary/aromatic N) is 1. The van der Waals surface area contributed by atoms with Crippen LogP contribution in [0.4, 0.5) is 0 Å². The van der Waals surface area contributed by atoms with E-state index in [1.807, 2.05) is 50.2 Å². The monoisotopic (exact) mass is 335 g/mol. The van der Waals surface area contributed by atoms with Crippen molar-refractivity contribution in [2.45, 2.75) is 33.2 Å². The van der Waals surface area contributed by atoms with Crippen LogP contribution in [-0.4, -0.2) is 15.9 Å². The van der Waals surface area contributed by atoms with Gasteiger partial charge < -0.3 is 10.3 Å². The molecule has 1 heterocycles. The molecule has 0 aliphatic heterocycles. The third-order valence-electron chi connectivity index (χ3n) is 4.23. The van der Waals surface area contributed by atoms with Gasteiger partial charge in [0.05, 0.1) is 11.0 Å². The fourth-order valence-electron chi connectivity index (χ4n) is 2.80. The van der Waals surface area contributed by atoms with Crippen molar-refractivity contribution in [1.82, 2.24) is 15.3 Å². The Morgan fingerprint density at radius 3 is 2.76 bits per heavy atom. The predicted octanol–water partition coefficient (Wildman–Crippen LogP) is 2.79. The second-order valence-electron chi connectivity index (χ2n) is 6.24. The van der Waals surface area contributed by atoms with E-state index < -0.39 is 0 Å². The molecule has 5 heteroatoms. The van der Waals surface area contributed by atoms with Crippen LogP contribution in [-0.2, 0) is 17.8 Å². The maximum Gasteiger partial charge on any atom is 0.270 e. The van der Waals surface area contributed by atoms with Gasteiger partial charge >= 0.3 is 0 Å². The fraction of sp³-hybridized carbons (Fsp3) is 0.250. The first kappa shape index (κ1) is 16.9. The number of aromatic amines is 1. The van der Waals surface area contributed by atoms with Crippen LogP contribution in [0.1, 0.15) is 28.8 Å². The molecule has 0 saturated heterocycles. The van der Waals surface area contributed by atoms with Gasteiger partial charge in [0.2, 0.25) is 5.91 Å². The first-order chi connectivity index (χ1) is 12.0. The zero-order valence-electron chi connectivity index (χ0n) is 14.4. The molecular formula is C20H21N3O2. The fourth-order valence-corrected chi connectivity index (χ4v) is 2.80. The molecule has 2 N–H and O–H groups in total. The smallest absolute Gasteiger partial charge is 0.270 e.